The molecule has 5 nitrogen and oxygen atoms in total. The van der Waals surface area contributed by atoms with Gasteiger partial charge in [0.25, 0.3) is 0 Å². The third-order valence-electron chi connectivity index (χ3n) is 10.6. The lowest BCUT2D eigenvalue weighted by Crippen LogP contribution is -2.02. The van der Waals surface area contributed by atoms with Crippen LogP contribution < -0.4 is 0 Å². The molecule has 0 amide bonds. The topological polar surface area (TPSA) is 56.7 Å². The minimum absolute atomic E-state index is 0.576. The van der Waals surface area contributed by atoms with Gasteiger partial charge in [0.15, 0.2) is 17.5 Å². The normalized spacial score (nSPS) is 11.6. The van der Waals surface area contributed by atoms with Gasteiger partial charge in [-0.05, 0) is 70.8 Å². The van der Waals surface area contributed by atoms with Crippen LogP contribution in [0.1, 0.15) is 0 Å². The molecule has 0 radical (unpaired) electrons. The summed E-state index contributed by atoms with van der Waals surface area (Å²) in [6.07, 6.45) is 0. The van der Waals surface area contributed by atoms with Gasteiger partial charge < -0.3 is 8.98 Å². The first-order chi connectivity index (χ1) is 27.7. The predicted octanol–water partition coefficient (Wildman–Crippen LogP) is 13.2. The van der Waals surface area contributed by atoms with Crippen LogP contribution in [0.4, 0.5) is 0 Å². The molecule has 0 aliphatic rings. The minimum atomic E-state index is 0.576. The summed E-state index contributed by atoms with van der Waals surface area (Å²) in [5, 5.41) is 4.55. The Bertz CT molecular complexity index is 3180. The van der Waals surface area contributed by atoms with Crippen LogP contribution in [-0.4, -0.2) is 19.5 Å². The number of benzene rings is 8. The summed E-state index contributed by atoms with van der Waals surface area (Å²) < 4.78 is 8.65. The fourth-order valence-corrected chi connectivity index (χ4v) is 7.94. The highest BCUT2D eigenvalue weighted by atomic mass is 16.3. The highest BCUT2D eigenvalue weighted by molar-refractivity contribution is 6.09. The smallest absolute Gasteiger partial charge is 0.164 e. The van der Waals surface area contributed by atoms with E-state index in [-0.39, 0.29) is 0 Å². The zero-order valence-electron chi connectivity index (χ0n) is 30.2. The fourth-order valence-electron chi connectivity index (χ4n) is 7.94. The Kier molecular flexibility index (Phi) is 7.42. The van der Waals surface area contributed by atoms with Crippen molar-refractivity contribution in [3.05, 3.63) is 194 Å². The van der Waals surface area contributed by atoms with E-state index >= 15 is 0 Å². The summed E-state index contributed by atoms with van der Waals surface area (Å²) in [5.74, 6) is 1.77. The van der Waals surface area contributed by atoms with Crippen molar-refractivity contribution >= 4 is 43.7 Å². The number of nitrogens with zero attached hydrogens (tertiary/aromatic N) is 4. The minimum Gasteiger partial charge on any atom is -0.456 e. The van der Waals surface area contributed by atoms with Gasteiger partial charge in [0.1, 0.15) is 11.2 Å². The summed E-state index contributed by atoms with van der Waals surface area (Å²) in [6.45, 7) is 0. The van der Waals surface area contributed by atoms with Crippen molar-refractivity contribution in [3.8, 4) is 62.1 Å². The summed E-state index contributed by atoms with van der Waals surface area (Å²) in [6, 6.07) is 67.6. The molecule has 0 saturated carbocycles. The van der Waals surface area contributed by atoms with Gasteiger partial charge in [0.2, 0.25) is 0 Å². The number of rotatable bonds is 6. The van der Waals surface area contributed by atoms with Gasteiger partial charge in [-0.3, -0.25) is 0 Å². The molecular formula is C51H32N4O. The van der Waals surface area contributed by atoms with Crippen molar-refractivity contribution in [2.24, 2.45) is 0 Å². The summed E-state index contributed by atoms with van der Waals surface area (Å²) >= 11 is 0. The number of fused-ring (bicyclic) bond motifs is 6. The van der Waals surface area contributed by atoms with E-state index in [2.05, 4.69) is 138 Å². The largest absolute Gasteiger partial charge is 0.456 e. The Hall–Kier alpha value is -7.63. The zero-order valence-corrected chi connectivity index (χ0v) is 30.2. The number of hydrogen-bond acceptors (Lipinski definition) is 4. The van der Waals surface area contributed by atoms with Gasteiger partial charge in [-0.1, -0.05) is 146 Å². The van der Waals surface area contributed by atoms with Crippen LogP contribution >= 0.6 is 0 Å². The Morgan fingerprint density at radius 3 is 1.45 bits per heavy atom. The maximum atomic E-state index is 6.30. The molecular weight excluding hydrogens is 685 g/mol. The molecule has 56 heavy (non-hydrogen) atoms. The van der Waals surface area contributed by atoms with Crippen molar-refractivity contribution in [3.63, 3.8) is 0 Å². The van der Waals surface area contributed by atoms with Crippen LogP contribution in [0.15, 0.2) is 199 Å². The quantitative estimate of drug-likeness (QED) is 0.172. The van der Waals surface area contributed by atoms with E-state index in [1.165, 1.54) is 21.9 Å². The van der Waals surface area contributed by atoms with E-state index in [1.807, 2.05) is 60.7 Å². The maximum absolute atomic E-state index is 6.30. The molecule has 11 rings (SSSR count). The average molecular weight is 717 g/mol. The van der Waals surface area contributed by atoms with Crippen molar-refractivity contribution in [1.82, 2.24) is 19.5 Å². The molecule has 5 heteroatoms. The Morgan fingerprint density at radius 2 is 0.768 bits per heavy atom. The highest BCUT2D eigenvalue weighted by Crippen LogP contribution is 2.37. The van der Waals surface area contributed by atoms with Crippen LogP contribution in [0.5, 0.6) is 0 Å². The molecule has 0 N–H and O–H groups in total. The van der Waals surface area contributed by atoms with Crippen molar-refractivity contribution in [1.29, 1.82) is 0 Å². The first-order valence-corrected chi connectivity index (χ1v) is 18.8. The second kappa shape index (κ2) is 13.0. The highest BCUT2D eigenvalue weighted by Gasteiger charge is 2.18. The van der Waals surface area contributed by atoms with Crippen LogP contribution in [0, 0.1) is 0 Å². The second-order valence-corrected chi connectivity index (χ2v) is 14.1. The average Bonchev–Trinajstić information content (AvgIpc) is 3.82. The second-order valence-electron chi connectivity index (χ2n) is 14.1. The molecule has 3 aromatic heterocycles. The van der Waals surface area contributed by atoms with Crippen LogP contribution in [0.25, 0.3) is 106 Å². The van der Waals surface area contributed by atoms with Crippen LogP contribution in [0.2, 0.25) is 0 Å². The first kappa shape index (κ1) is 31.9. The molecule has 0 fully saturated rings. The van der Waals surface area contributed by atoms with Gasteiger partial charge in [-0.2, -0.15) is 0 Å². The predicted molar refractivity (Wildman–Crippen MR) is 229 cm³/mol. The van der Waals surface area contributed by atoms with E-state index < -0.39 is 0 Å². The molecule has 11 aromatic rings. The van der Waals surface area contributed by atoms with Crippen molar-refractivity contribution in [2.45, 2.75) is 0 Å². The van der Waals surface area contributed by atoms with Crippen LogP contribution in [-0.2, 0) is 0 Å². The van der Waals surface area contributed by atoms with Gasteiger partial charge >= 0.3 is 0 Å². The number of para-hydroxylation sites is 3. The van der Waals surface area contributed by atoms with Crippen LogP contribution in [0.3, 0.4) is 0 Å². The van der Waals surface area contributed by atoms with E-state index in [1.54, 1.807) is 0 Å². The van der Waals surface area contributed by atoms with E-state index in [0.717, 1.165) is 66.5 Å². The van der Waals surface area contributed by atoms with E-state index in [9.17, 15) is 0 Å². The van der Waals surface area contributed by atoms with E-state index in [4.69, 9.17) is 19.4 Å². The lowest BCUT2D eigenvalue weighted by Gasteiger charge is -2.15. The maximum Gasteiger partial charge on any atom is 0.164 e. The molecule has 0 atom stereocenters. The molecule has 0 bridgehead atoms. The number of furan rings is 1. The van der Waals surface area contributed by atoms with Crippen molar-refractivity contribution in [2.75, 3.05) is 0 Å². The fraction of sp³-hybridized carbons (Fsp3) is 0. The Labute approximate surface area is 322 Å². The molecule has 8 aromatic carbocycles. The Morgan fingerprint density at radius 1 is 0.304 bits per heavy atom. The molecule has 0 aliphatic carbocycles. The summed E-state index contributed by atoms with van der Waals surface area (Å²) in [4.78, 5) is 15.5. The van der Waals surface area contributed by atoms with Gasteiger partial charge in [0, 0.05) is 43.9 Å². The monoisotopic (exact) mass is 716 g/mol. The standard InChI is InChI=1S/C51H32N4O/c1-3-13-33(14-4-1)34-23-25-35(26-24-34)38-29-39(31-40(30-38)55-45-20-10-7-17-41(45)42-18-8-11-21-46(42)55)51-53-49(36-15-5-2-6-16-36)52-50(54-51)37-27-28-44-43-19-9-12-22-47(43)56-48(44)32-37/h1-32H. The van der Waals surface area contributed by atoms with Crippen molar-refractivity contribution < 1.29 is 4.42 Å². The number of hydrogen-bond donors (Lipinski definition) is 0. The zero-order chi connectivity index (χ0) is 37.0. The molecule has 3 heterocycles. The SMILES string of the molecule is c1ccc(-c2ccc(-c3cc(-c4nc(-c5ccccc5)nc(-c5ccc6c(c5)oc5ccccc56)n4)cc(-n4c5ccccc5c5ccccc54)c3)cc2)cc1. The summed E-state index contributed by atoms with van der Waals surface area (Å²) in [7, 11) is 0. The molecule has 0 saturated heterocycles. The third kappa shape index (κ3) is 5.45. The van der Waals surface area contributed by atoms with Gasteiger partial charge in [-0.25, -0.2) is 15.0 Å². The Balaban J connectivity index is 1.14. The third-order valence-corrected chi connectivity index (χ3v) is 10.6. The molecule has 262 valence electrons. The van der Waals surface area contributed by atoms with Gasteiger partial charge in [-0.15, -0.1) is 0 Å². The van der Waals surface area contributed by atoms with E-state index in [0.29, 0.717) is 17.5 Å². The first-order valence-electron chi connectivity index (χ1n) is 18.8. The molecule has 0 aliphatic heterocycles. The molecule has 0 spiro atoms. The summed E-state index contributed by atoms with van der Waals surface area (Å²) in [5.41, 5.74) is 12.1. The number of aromatic nitrogens is 4. The van der Waals surface area contributed by atoms with Gasteiger partial charge in [0.05, 0.1) is 11.0 Å². The lowest BCUT2D eigenvalue weighted by atomic mass is 9.98. The lowest BCUT2D eigenvalue weighted by molar-refractivity contribution is 0.669. The molecule has 0 unspecified atom stereocenters.